The molecule has 0 aromatic carbocycles. The molecule has 0 spiro atoms. The smallest absolute Gasteiger partial charge is 0.277 e. The van der Waals surface area contributed by atoms with Crippen molar-refractivity contribution >= 4 is 23.5 Å². The molecule has 0 bridgehead atoms. The average Bonchev–Trinajstić information content (AvgIpc) is 2.94. The van der Waals surface area contributed by atoms with Gasteiger partial charge in [0.2, 0.25) is 5.91 Å². The van der Waals surface area contributed by atoms with Crippen molar-refractivity contribution in [2.24, 2.45) is 0 Å². The quantitative estimate of drug-likeness (QED) is 0.785. The number of anilines is 1. The van der Waals surface area contributed by atoms with Crippen LogP contribution in [0.2, 0.25) is 0 Å². The van der Waals surface area contributed by atoms with Gasteiger partial charge in [-0.15, -0.1) is 0 Å². The Morgan fingerprint density at radius 1 is 1.14 bits per heavy atom. The van der Waals surface area contributed by atoms with E-state index in [1.165, 1.54) is 7.05 Å². The summed E-state index contributed by atoms with van der Waals surface area (Å²) >= 11 is 0. The summed E-state index contributed by atoms with van der Waals surface area (Å²) in [7, 11) is 1.46. The molecule has 0 saturated heterocycles. The molecule has 0 unspecified atom stereocenters. The molecule has 0 radical (unpaired) electrons. The number of hydrogen-bond donors (Lipinski definition) is 1. The van der Waals surface area contributed by atoms with Gasteiger partial charge in [-0.05, 0) is 25.0 Å². The molecule has 142 valence electrons. The van der Waals surface area contributed by atoms with E-state index in [0.29, 0.717) is 35.7 Å². The van der Waals surface area contributed by atoms with E-state index < -0.39 is 0 Å². The summed E-state index contributed by atoms with van der Waals surface area (Å²) in [5.74, 6) is -0.525. The van der Waals surface area contributed by atoms with Crippen molar-refractivity contribution in [3.63, 3.8) is 0 Å². The number of nitrogens with one attached hydrogen (secondary N) is 1. The Labute approximate surface area is 161 Å². The molecule has 4 rings (SSSR count). The number of imide groups is 1. The maximum Gasteiger partial charge on any atom is 0.277 e. The molecule has 9 nitrogen and oxygen atoms in total. The van der Waals surface area contributed by atoms with Gasteiger partial charge in [0, 0.05) is 43.3 Å². The lowest BCUT2D eigenvalue weighted by Crippen LogP contribution is -2.38. The van der Waals surface area contributed by atoms with Crippen LogP contribution in [0.5, 0.6) is 0 Å². The number of rotatable bonds is 4. The fourth-order valence-corrected chi connectivity index (χ4v) is 3.38. The van der Waals surface area contributed by atoms with E-state index in [2.05, 4.69) is 20.3 Å². The summed E-state index contributed by atoms with van der Waals surface area (Å²) in [5.41, 5.74) is 2.32. The van der Waals surface area contributed by atoms with Crippen LogP contribution in [-0.4, -0.2) is 62.6 Å². The van der Waals surface area contributed by atoms with Crippen molar-refractivity contribution in [1.82, 2.24) is 24.8 Å². The molecule has 4 heterocycles. The zero-order valence-corrected chi connectivity index (χ0v) is 15.3. The predicted octanol–water partition coefficient (Wildman–Crippen LogP) is 0.826. The lowest BCUT2D eigenvalue weighted by Gasteiger charge is -2.28. The minimum Gasteiger partial charge on any atom is -0.357 e. The van der Waals surface area contributed by atoms with Crippen LogP contribution in [0, 0.1) is 0 Å². The van der Waals surface area contributed by atoms with Gasteiger partial charge < -0.3 is 10.2 Å². The van der Waals surface area contributed by atoms with Gasteiger partial charge in [-0.3, -0.25) is 29.3 Å². The summed E-state index contributed by atoms with van der Waals surface area (Å²) in [4.78, 5) is 52.1. The Kier molecular flexibility index (Phi) is 4.56. The van der Waals surface area contributed by atoms with E-state index in [1.54, 1.807) is 41.8 Å². The number of carbonyl (C=O) groups is 3. The molecule has 3 amide bonds. The third kappa shape index (κ3) is 3.22. The molecule has 0 fully saturated rings. The normalized spacial score (nSPS) is 16.5. The fourth-order valence-electron chi connectivity index (χ4n) is 3.38. The lowest BCUT2D eigenvalue weighted by atomic mass is 10.0. The van der Waals surface area contributed by atoms with Crippen LogP contribution >= 0.6 is 0 Å². The average molecular weight is 378 g/mol. The van der Waals surface area contributed by atoms with E-state index in [1.807, 2.05) is 0 Å². The van der Waals surface area contributed by atoms with Crippen molar-refractivity contribution < 1.29 is 14.4 Å². The molecule has 0 atom stereocenters. The molecular formula is C19H18N6O3. The van der Waals surface area contributed by atoms with E-state index >= 15 is 0 Å². The zero-order valence-electron chi connectivity index (χ0n) is 15.3. The fraction of sp³-hybridized carbons (Fsp3) is 0.263. The second-order valence-corrected chi connectivity index (χ2v) is 6.59. The summed E-state index contributed by atoms with van der Waals surface area (Å²) in [5, 5.41) is 2.72. The first-order valence-electron chi connectivity index (χ1n) is 8.87. The summed E-state index contributed by atoms with van der Waals surface area (Å²) < 4.78 is 0. The highest BCUT2D eigenvalue weighted by Gasteiger charge is 2.40. The minimum atomic E-state index is -0.348. The molecular weight excluding hydrogens is 360 g/mol. The van der Waals surface area contributed by atoms with Crippen molar-refractivity contribution in [2.75, 3.05) is 25.5 Å². The maximum atomic E-state index is 12.4. The molecule has 28 heavy (non-hydrogen) atoms. The number of likely N-dealkylation sites (N-methyl/N-ethyl adjacent to an activating group) is 1. The standard InChI is InChI=1S/C19H18N6O3/c1-24-18(27)13-3-2-8-25(17(13)19(24)28)11-16(26)23-15-5-4-12(9-22-15)14-10-20-6-7-21-14/h4-7,9-10H,2-3,8,11H2,1H3,(H,22,23,26). The number of nitrogens with zero attached hydrogens (tertiary/aromatic N) is 5. The van der Waals surface area contributed by atoms with E-state index in [4.69, 9.17) is 0 Å². The van der Waals surface area contributed by atoms with Crippen LogP contribution < -0.4 is 5.32 Å². The minimum absolute atomic E-state index is 0.0146. The largest absolute Gasteiger partial charge is 0.357 e. The number of amides is 3. The number of hydrogen-bond acceptors (Lipinski definition) is 7. The molecule has 2 aromatic heterocycles. The van der Waals surface area contributed by atoms with Crippen molar-refractivity contribution in [3.05, 3.63) is 48.2 Å². The topological polar surface area (TPSA) is 108 Å². The zero-order chi connectivity index (χ0) is 19.7. The molecule has 0 aliphatic carbocycles. The lowest BCUT2D eigenvalue weighted by molar-refractivity contribution is -0.136. The highest BCUT2D eigenvalue weighted by atomic mass is 16.2. The Bertz CT molecular complexity index is 971. The maximum absolute atomic E-state index is 12.4. The second kappa shape index (κ2) is 7.18. The third-order valence-corrected chi connectivity index (χ3v) is 4.75. The van der Waals surface area contributed by atoms with Crippen molar-refractivity contribution in [2.45, 2.75) is 12.8 Å². The predicted molar refractivity (Wildman–Crippen MR) is 99.5 cm³/mol. The van der Waals surface area contributed by atoms with Crippen molar-refractivity contribution in [3.8, 4) is 11.3 Å². The van der Waals surface area contributed by atoms with Gasteiger partial charge >= 0.3 is 0 Å². The SMILES string of the molecule is CN1C(=O)C2=C(C1=O)N(CC(=O)Nc1ccc(-c3cnccn3)cn1)CCC2. The summed E-state index contributed by atoms with van der Waals surface area (Å²) in [6.45, 7) is 0.539. The van der Waals surface area contributed by atoms with Crippen LogP contribution in [0.4, 0.5) is 5.82 Å². The highest BCUT2D eigenvalue weighted by molar-refractivity contribution is 6.19. The Morgan fingerprint density at radius 3 is 2.71 bits per heavy atom. The first kappa shape index (κ1) is 17.8. The van der Waals surface area contributed by atoms with Gasteiger partial charge in [-0.25, -0.2) is 4.98 Å². The van der Waals surface area contributed by atoms with E-state index in [9.17, 15) is 14.4 Å². The Hall–Kier alpha value is -3.62. The van der Waals surface area contributed by atoms with Crippen LogP contribution in [-0.2, 0) is 14.4 Å². The Morgan fingerprint density at radius 2 is 2.00 bits per heavy atom. The number of pyridine rings is 1. The molecule has 2 aliphatic rings. The van der Waals surface area contributed by atoms with Gasteiger partial charge in [-0.2, -0.15) is 0 Å². The van der Waals surface area contributed by atoms with Crippen molar-refractivity contribution in [1.29, 1.82) is 0 Å². The Balaban J connectivity index is 1.43. The van der Waals surface area contributed by atoms with E-state index in [-0.39, 0.29) is 24.3 Å². The third-order valence-electron chi connectivity index (χ3n) is 4.75. The summed E-state index contributed by atoms with van der Waals surface area (Å²) in [6, 6.07) is 3.48. The van der Waals surface area contributed by atoms with Crippen LogP contribution in [0.1, 0.15) is 12.8 Å². The van der Waals surface area contributed by atoms with E-state index in [0.717, 1.165) is 16.9 Å². The monoisotopic (exact) mass is 378 g/mol. The van der Waals surface area contributed by atoms with Crippen LogP contribution in [0.15, 0.2) is 48.2 Å². The molecule has 0 saturated carbocycles. The molecule has 2 aromatic rings. The van der Waals surface area contributed by atoms with Gasteiger partial charge in [0.05, 0.1) is 18.4 Å². The van der Waals surface area contributed by atoms with Gasteiger partial charge in [-0.1, -0.05) is 0 Å². The van der Waals surface area contributed by atoms with Crippen LogP contribution in [0.3, 0.4) is 0 Å². The first-order chi connectivity index (χ1) is 13.5. The van der Waals surface area contributed by atoms with Gasteiger partial charge in [0.1, 0.15) is 11.5 Å². The number of aromatic nitrogens is 3. The first-order valence-corrected chi connectivity index (χ1v) is 8.87. The van der Waals surface area contributed by atoms with Gasteiger partial charge in [0.15, 0.2) is 0 Å². The number of carbonyl (C=O) groups excluding carboxylic acids is 3. The summed E-state index contributed by atoms with van der Waals surface area (Å²) in [6.07, 6.45) is 7.72. The van der Waals surface area contributed by atoms with Gasteiger partial charge in [0.25, 0.3) is 11.8 Å². The molecule has 2 aliphatic heterocycles. The second-order valence-electron chi connectivity index (χ2n) is 6.59. The highest BCUT2D eigenvalue weighted by Crippen LogP contribution is 2.30. The van der Waals surface area contributed by atoms with Crippen LogP contribution in [0.25, 0.3) is 11.3 Å². The molecule has 1 N–H and O–H groups in total. The molecule has 9 heteroatoms.